The molecule has 46 heavy (non-hydrogen) atoms. The predicted octanol–water partition coefficient (Wildman–Crippen LogP) is 5.84. The topological polar surface area (TPSA) is 144 Å². The Bertz CT molecular complexity index is 924. The van der Waals surface area contributed by atoms with Crippen LogP contribution in [0.4, 0.5) is 0 Å². The molecule has 1 fully saturated rings. The highest BCUT2D eigenvalue weighted by Gasteiger charge is 2.36. The van der Waals surface area contributed by atoms with E-state index in [0.717, 1.165) is 19.3 Å². The highest BCUT2D eigenvalue weighted by molar-refractivity contribution is 5.86. The largest absolute Gasteiger partial charge is 0.469 e. The van der Waals surface area contributed by atoms with Gasteiger partial charge in [-0.1, -0.05) is 27.4 Å². The van der Waals surface area contributed by atoms with Crippen LogP contribution >= 0.6 is 0 Å². The molecule has 11 heteroatoms. The molecule has 0 heterocycles. The van der Waals surface area contributed by atoms with Crippen molar-refractivity contribution >= 4 is 23.9 Å². The number of methoxy groups -OCH3 is 2. The maximum Gasteiger partial charge on any atom is 0.333 e. The molecule has 1 rings (SSSR count). The second-order valence-electron chi connectivity index (χ2n) is 13.5. The number of carbonyl (C=O) groups is 4. The predicted molar refractivity (Wildman–Crippen MR) is 177 cm³/mol. The van der Waals surface area contributed by atoms with Crippen molar-refractivity contribution in [2.75, 3.05) is 47.3 Å². The molecular weight excluding hydrogens is 596 g/mol. The Labute approximate surface area is 278 Å². The minimum Gasteiger partial charge on any atom is -0.469 e. The normalized spacial score (nSPS) is 18.1. The summed E-state index contributed by atoms with van der Waals surface area (Å²) in [6.07, 6.45) is 2.91. The van der Waals surface area contributed by atoms with E-state index in [1.54, 1.807) is 14.0 Å². The lowest BCUT2D eigenvalue weighted by Gasteiger charge is -2.34. The van der Waals surface area contributed by atoms with E-state index >= 15 is 0 Å². The Morgan fingerprint density at radius 2 is 1.24 bits per heavy atom. The number of hydrogen-bond donors (Lipinski definition) is 1. The zero-order valence-corrected chi connectivity index (χ0v) is 30.7. The zero-order chi connectivity index (χ0) is 36.1. The molecule has 0 aromatic heterocycles. The summed E-state index contributed by atoms with van der Waals surface area (Å²) >= 11 is 0. The van der Waals surface area contributed by atoms with E-state index in [1.165, 1.54) is 7.11 Å². The van der Waals surface area contributed by atoms with Gasteiger partial charge < -0.3 is 33.5 Å². The van der Waals surface area contributed by atoms with Gasteiger partial charge in [0.15, 0.2) is 0 Å². The van der Waals surface area contributed by atoms with E-state index in [0.29, 0.717) is 51.3 Å². The van der Waals surface area contributed by atoms with Gasteiger partial charge >= 0.3 is 23.9 Å². The number of carbonyl (C=O) groups excluding carboxylic acids is 4. The quantitative estimate of drug-likeness (QED) is 0.0923. The Morgan fingerprint density at radius 3 is 1.67 bits per heavy atom. The molecule has 1 saturated carbocycles. The first-order valence-corrected chi connectivity index (χ1v) is 16.3. The molecule has 11 nitrogen and oxygen atoms in total. The van der Waals surface area contributed by atoms with Gasteiger partial charge in [0.1, 0.15) is 12.7 Å². The molecule has 0 spiro atoms. The van der Waals surface area contributed by atoms with Crippen LogP contribution in [-0.2, 0) is 47.6 Å². The molecule has 1 N–H and O–H groups in total. The summed E-state index contributed by atoms with van der Waals surface area (Å²) in [5.41, 5.74) is -0.875. The monoisotopic (exact) mass is 660 g/mol. The number of esters is 4. The number of aliphatic hydroxyl groups excluding tert-OH is 1. The van der Waals surface area contributed by atoms with Crippen molar-refractivity contribution in [3.63, 3.8) is 0 Å². The lowest BCUT2D eigenvalue weighted by molar-refractivity contribution is -0.170. The molecule has 3 unspecified atom stereocenters. The third-order valence-electron chi connectivity index (χ3n) is 8.31. The summed E-state index contributed by atoms with van der Waals surface area (Å²) in [4.78, 5) is 45.8. The lowest BCUT2D eigenvalue weighted by atomic mass is 9.85. The maximum atomic E-state index is 12.1. The van der Waals surface area contributed by atoms with Gasteiger partial charge in [0.25, 0.3) is 0 Å². The molecular formula is C35H64O11. The standard InChI is InChI=1S/C17H28O5.C11H22O4.C7H14O2/c1-6-17(4,5)16(20)22-14-8-7-12(9-13(14)18)10-21-15(19)11(2)3;1-5-11(2,3)10(12)15-9-8-14-7-6-13-4;1-5-7(2,3)6(8)9-4/h12-14,18H,2,6-10H2,1,3-5H3;5-9H2,1-4H3;5H2,1-4H3. The van der Waals surface area contributed by atoms with Gasteiger partial charge in [-0.05, 0) is 92.9 Å². The third kappa shape index (κ3) is 18.6. The van der Waals surface area contributed by atoms with Crippen molar-refractivity contribution in [2.45, 2.75) is 120 Å². The number of rotatable bonds is 16. The molecule has 0 saturated heterocycles. The van der Waals surface area contributed by atoms with Crippen LogP contribution in [0.15, 0.2) is 12.2 Å². The van der Waals surface area contributed by atoms with E-state index in [1.807, 2.05) is 62.3 Å². The Kier molecular flexibility index (Phi) is 22.7. The molecule has 1 aliphatic rings. The summed E-state index contributed by atoms with van der Waals surface area (Å²) in [5.74, 6) is -0.892. The van der Waals surface area contributed by atoms with Crippen LogP contribution < -0.4 is 0 Å². The van der Waals surface area contributed by atoms with Crippen LogP contribution in [0, 0.1) is 22.2 Å². The van der Waals surface area contributed by atoms with Crippen LogP contribution in [-0.4, -0.2) is 88.4 Å². The smallest absolute Gasteiger partial charge is 0.333 e. The van der Waals surface area contributed by atoms with Crippen molar-refractivity contribution in [3.05, 3.63) is 12.2 Å². The Morgan fingerprint density at radius 1 is 0.739 bits per heavy atom. The van der Waals surface area contributed by atoms with Crippen molar-refractivity contribution in [1.29, 1.82) is 0 Å². The van der Waals surface area contributed by atoms with Crippen LogP contribution in [0.2, 0.25) is 0 Å². The molecule has 0 aliphatic heterocycles. The van der Waals surface area contributed by atoms with E-state index in [9.17, 15) is 24.3 Å². The van der Waals surface area contributed by atoms with Crippen molar-refractivity contribution in [2.24, 2.45) is 22.2 Å². The van der Waals surface area contributed by atoms with Gasteiger partial charge in [0, 0.05) is 12.7 Å². The highest BCUT2D eigenvalue weighted by Crippen LogP contribution is 2.30. The van der Waals surface area contributed by atoms with E-state index < -0.39 is 29.0 Å². The number of ether oxygens (including phenoxy) is 6. The zero-order valence-electron chi connectivity index (χ0n) is 30.7. The Balaban J connectivity index is 0. The third-order valence-corrected chi connectivity index (χ3v) is 8.31. The van der Waals surface area contributed by atoms with Crippen LogP contribution in [0.5, 0.6) is 0 Å². The minimum absolute atomic E-state index is 0.0902. The van der Waals surface area contributed by atoms with Gasteiger partial charge in [0.05, 0.1) is 55.9 Å². The SMILES string of the molecule is C=C(C)C(=O)OCC1CCC(OC(=O)C(C)(C)CC)C(O)C1.CCC(C)(C)C(=O)OC.CCC(C)(C)C(=O)OCCOCCOC. The maximum absolute atomic E-state index is 12.1. The summed E-state index contributed by atoms with van der Waals surface area (Å²) in [6.45, 7) is 24.3. The summed E-state index contributed by atoms with van der Waals surface area (Å²) in [5, 5.41) is 10.2. The molecule has 0 aromatic rings. The molecule has 270 valence electrons. The highest BCUT2D eigenvalue weighted by atomic mass is 16.6. The molecule has 0 bridgehead atoms. The molecule has 0 radical (unpaired) electrons. The van der Waals surface area contributed by atoms with Gasteiger partial charge in [-0.2, -0.15) is 0 Å². The number of aliphatic hydroxyl groups is 1. The fourth-order valence-electron chi connectivity index (χ4n) is 3.45. The summed E-state index contributed by atoms with van der Waals surface area (Å²) in [6, 6.07) is 0. The van der Waals surface area contributed by atoms with Crippen LogP contribution in [0.25, 0.3) is 0 Å². The van der Waals surface area contributed by atoms with Crippen molar-refractivity contribution in [3.8, 4) is 0 Å². The van der Waals surface area contributed by atoms with Gasteiger partial charge in [-0.25, -0.2) is 4.79 Å². The average Bonchev–Trinajstić information content (AvgIpc) is 3.02. The molecule has 0 aromatic carbocycles. The van der Waals surface area contributed by atoms with E-state index in [2.05, 4.69) is 11.3 Å². The van der Waals surface area contributed by atoms with Gasteiger partial charge in [0.2, 0.25) is 0 Å². The fraction of sp³-hybridized carbons (Fsp3) is 0.829. The second-order valence-corrected chi connectivity index (χ2v) is 13.5. The van der Waals surface area contributed by atoms with Gasteiger partial charge in [-0.3, -0.25) is 14.4 Å². The van der Waals surface area contributed by atoms with Gasteiger partial charge in [-0.15, -0.1) is 0 Å². The van der Waals surface area contributed by atoms with Crippen LogP contribution in [0.3, 0.4) is 0 Å². The fourth-order valence-corrected chi connectivity index (χ4v) is 3.45. The lowest BCUT2D eigenvalue weighted by Crippen LogP contribution is -2.41. The first kappa shape index (κ1) is 45.6. The Hall–Kier alpha value is -2.50. The number of hydrogen-bond acceptors (Lipinski definition) is 11. The molecule has 1 aliphatic carbocycles. The molecule has 0 amide bonds. The van der Waals surface area contributed by atoms with Crippen molar-refractivity contribution < 1.29 is 52.7 Å². The van der Waals surface area contributed by atoms with E-state index in [4.69, 9.17) is 23.7 Å². The van der Waals surface area contributed by atoms with Crippen LogP contribution in [0.1, 0.15) is 108 Å². The van der Waals surface area contributed by atoms with E-state index in [-0.39, 0.29) is 35.8 Å². The average molecular weight is 661 g/mol. The molecule has 3 atom stereocenters. The first-order chi connectivity index (χ1) is 21.3. The summed E-state index contributed by atoms with van der Waals surface area (Å²) in [7, 11) is 3.03. The van der Waals surface area contributed by atoms with Crippen molar-refractivity contribution in [1.82, 2.24) is 0 Å². The second kappa shape index (κ2) is 22.9. The first-order valence-electron chi connectivity index (χ1n) is 16.3. The summed E-state index contributed by atoms with van der Waals surface area (Å²) < 4.78 is 30.2. The minimum atomic E-state index is -0.709.